The number of aryl methyl sites for hydroxylation is 1. The van der Waals surface area contributed by atoms with E-state index in [0.29, 0.717) is 29.3 Å². The van der Waals surface area contributed by atoms with Crippen LogP contribution in [0.15, 0.2) is 51.1 Å². The summed E-state index contributed by atoms with van der Waals surface area (Å²) >= 11 is 8.24. The maximum atomic E-state index is 12.5. The van der Waals surface area contributed by atoms with Crippen LogP contribution in [0.4, 0.5) is 0 Å². The number of benzene rings is 1. The lowest BCUT2D eigenvalue weighted by atomic mass is 10.1. The number of hydrogen-bond acceptors (Lipinski definition) is 6. The van der Waals surface area contributed by atoms with Crippen LogP contribution in [0, 0.1) is 6.92 Å². The number of thiophene rings is 1. The van der Waals surface area contributed by atoms with E-state index in [1.54, 1.807) is 17.4 Å². The van der Waals surface area contributed by atoms with Gasteiger partial charge < -0.3 is 4.42 Å². The Hall–Kier alpha value is -2.54. The number of hydrogen-bond donors (Lipinski definition) is 0. The second-order valence-electron chi connectivity index (χ2n) is 7.29. The second kappa shape index (κ2) is 7.37. The van der Waals surface area contributed by atoms with E-state index in [9.17, 15) is 4.79 Å². The summed E-state index contributed by atoms with van der Waals surface area (Å²) in [5.41, 5.74) is 3.89. The van der Waals surface area contributed by atoms with E-state index in [4.69, 9.17) is 21.0 Å². The van der Waals surface area contributed by atoms with Crippen LogP contribution in [0.2, 0.25) is 5.02 Å². The summed E-state index contributed by atoms with van der Waals surface area (Å²) in [6.45, 7) is 3.92. The first-order valence-electron chi connectivity index (χ1n) is 9.41. The van der Waals surface area contributed by atoms with Crippen molar-refractivity contribution < 1.29 is 4.42 Å². The summed E-state index contributed by atoms with van der Waals surface area (Å²) in [6, 6.07) is 9.69. The number of fused-ring (bicyclic) bond motifs is 2. The van der Waals surface area contributed by atoms with Crippen LogP contribution in [-0.2, 0) is 19.5 Å². The molecule has 0 saturated heterocycles. The van der Waals surface area contributed by atoms with E-state index >= 15 is 0 Å². The highest BCUT2D eigenvalue weighted by molar-refractivity contribution is 7.13. The maximum absolute atomic E-state index is 12.5. The van der Waals surface area contributed by atoms with Crippen molar-refractivity contribution in [2.75, 3.05) is 6.54 Å². The lowest BCUT2D eigenvalue weighted by Crippen LogP contribution is -2.32. The molecule has 0 aliphatic carbocycles. The van der Waals surface area contributed by atoms with Gasteiger partial charge >= 0.3 is 5.63 Å². The molecule has 1 aliphatic rings. The Kier molecular flexibility index (Phi) is 4.70. The van der Waals surface area contributed by atoms with Gasteiger partial charge in [0, 0.05) is 43.2 Å². The average molecular weight is 424 g/mol. The molecular weight excluding hydrogens is 406 g/mol. The van der Waals surface area contributed by atoms with Crippen LogP contribution in [0.3, 0.4) is 0 Å². The predicted molar refractivity (Wildman–Crippen MR) is 115 cm³/mol. The molecule has 5 nitrogen and oxygen atoms in total. The van der Waals surface area contributed by atoms with Crippen LogP contribution >= 0.6 is 22.9 Å². The normalized spacial score (nSPS) is 14.3. The van der Waals surface area contributed by atoms with Gasteiger partial charge in [-0.15, -0.1) is 11.3 Å². The predicted octanol–water partition coefficient (Wildman–Crippen LogP) is 4.83. The van der Waals surface area contributed by atoms with Crippen molar-refractivity contribution in [2.24, 2.45) is 0 Å². The fourth-order valence-electron chi connectivity index (χ4n) is 3.71. The van der Waals surface area contributed by atoms with Gasteiger partial charge in [0.25, 0.3) is 0 Å². The molecule has 0 radical (unpaired) electrons. The maximum Gasteiger partial charge on any atom is 0.342 e. The molecule has 0 unspecified atom stereocenters. The standard InChI is InChI=1S/C22H18ClN3O2S/c1-13-4-5-18-15(9-13)20(23)16(22(27)28-18)12-26-7-6-17-14(11-26)10-24-21(25-17)19-3-2-8-29-19/h2-5,8-10H,6-7,11-12H2,1H3. The Morgan fingerprint density at radius 1 is 1.31 bits per heavy atom. The molecule has 0 spiro atoms. The molecule has 0 amide bonds. The van der Waals surface area contributed by atoms with E-state index in [1.807, 2.05) is 42.8 Å². The first-order chi connectivity index (χ1) is 14.1. The number of aromatic nitrogens is 2. The van der Waals surface area contributed by atoms with Gasteiger partial charge in [-0.05, 0) is 30.5 Å². The summed E-state index contributed by atoms with van der Waals surface area (Å²) in [5.74, 6) is 0.779. The third-order valence-electron chi connectivity index (χ3n) is 5.22. The van der Waals surface area contributed by atoms with E-state index in [-0.39, 0.29) is 5.63 Å². The third-order valence-corrected chi connectivity index (χ3v) is 6.52. The van der Waals surface area contributed by atoms with Crippen molar-refractivity contribution in [3.63, 3.8) is 0 Å². The molecule has 3 aromatic heterocycles. The topological polar surface area (TPSA) is 59.2 Å². The van der Waals surface area contributed by atoms with Crippen molar-refractivity contribution >= 4 is 33.9 Å². The van der Waals surface area contributed by atoms with Gasteiger partial charge in [-0.3, -0.25) is 4.90 Å². The Bertz CT molecular complexity index is 1270. The molecule has 0 bridgehead atoms. The zero-order valence-corrected chi connectivity index (χ0v) is 17.4. The highest BCUT2D eigenvalue weighted by atomic mass is 35.5. The summed E-state index contributed by atoms with van der Waals surface area (Å²) in [6.07, 6.45) is 2.71. The Morgan fingerprint density at radius 3 is 3.03 bits per heavy atom. The number of nitrogens with zero attached hydrogens (tertiary/aromatic N) is 3. The van der Waals surface area contributed by atoms with E-state index in [1.165, 1.54) is 0 Å². The van der Waals surface area contributed by atoms with Crippen molar-refractivity contribution in [1.82, 2.24) is 14.9 Å². The molecular formula is C22H18ClN3O2S. The summed E-state index contributed by atoms with van der Waals surface area (Å²) in [4.78, 5) is 25.1. The highest BCUT2D eigenvalue weighted by Gasteiger charge is 2.22. The van der Waals surface area contributed by atoms with Crippen LogP contribution in [0.5, 0.6) is 0 Å². The zero-order valence-electron chi connectivity index (χ0n) is 15.8. The van der Waals surface area contributed by atoms with E-state index in [0.717, 1.165) is 45.9 Å². The SMILES string of the molecule is Cc1ccc2oc(=O)c(CN3CCc4nc(-c5cccs5)ncc4C3)c(Cl)c2c1. The van der Waals surface area contributed by atoms with E-state index in [2.05, 4.69) is 9.88 Å². The van der Waals surface area contributed by atoms with Crippen molar-refractivity contribution in [2.45, 2.75) is 26.4 Å². The van der Waals surface area contributed by atoms with Gasteiger partial charge in [-0.25, -0.2) is 14.8 Å². The third kappa shape index (κ3) is 3.48. The van der Waals surface area contributed by atoms with E-state index < -0.39 is 0 Å². The van der Waals surface area contributed by atoms with Crippen molar-refractivity contribution in [3.05, 3.63) is 79.7 Å². The van der Waals surface area contributed by atoms with Gasteiger partial charge in [0.1, 0.15) is 5.58 Å². The highest BCUT2D eigenvalue weighted by Crippen LogP contribution is 2.29. The fraction of sp³-hybridized carbons (Fsp3) is 0.227. The van der Waals surface area contributed by atoms with Crippen molar-refractivity contribution in [1.29, 1.82) is 0 Å². The summed E-state index contributed by atoms with van der Waals surface area (Å²) in [5, 5.41) is 3.29. The van der Waals surface area contributed by atoms with Crippen LogP contribution in [0.1, 0.15) is 22.4 Å². The zero-order chi connectivity index (χ0) is 20.0. The largest absolute Gasteiger partial charge is 0.422 e. The minimum atomic E-state index is -0.374. The molecule has 146 valence electrons. The molecule has 4 aromatic rings. The number of halogens is 1. The summed E-state index contributed by atoms with van der Waals surface area (Å²) in [7, 11) is 0. The van der Waals surface area contributed by atoms with Gasteiger partial charge in [0.05, 0.1) is 21.2 Å². The molecule has 1 aromatic carbocycles. The lowest BCUT2D eigenvalue weighted by molar-refractivity contribution is 0.240. The van der Waals surface area contributed by atoms with Crippen LogP contribution in [0.25, 0.3) is 21.7 Å². The molecule has 0 atom stereocenters. The van der Waals surface area contributed by atoms with Crippen LogP contribution in [-0.4, -0.2) is 21.4 Å². The molecule has 0 N–H and O–H groups in total. The first kappa shape index (κ1) is 18.5. The van der Waals surface area contributed by atoms with Crippen LogP contribution < -0.4 is 5.63 Å². The minimum Gasteiger partial charge on any atom is -0.422 e. The second-order valence-corrected chi connectivity index (χ2v) is 8.61. The quantitative estimate of drug-likeness (QED) is 0.441. The average Bonchev–Trinajstić information content (AvgIpc) is 3.26. The smallest absolute Gasteiger partial charge is 0.342 e. The van der Waals surface area contributed by atoms with Crippen molar-refractivity contribution in [3.8, 4) is 10.7 Å². The molecule has 0 saturated carbocycles. The molecule has 29 heavy (non-hydrogen) atoms. The lowest BCUT2D eigenvalue weighted by Gasteiger charge is -2.28. The molecule has 4 heterocycles. The minimum absolute atomic E-state index is 0.374. The first-order valence-corrected chi connectivity index (χ1v) is 10.7. The monoisotopic (exact) mass is 423 g/mol. The Balaban J connectivity index is 1.42. The molecule has 7 heteroatoms. The molecule has 1 aliphatic heterocycles. The van der Waals surface area contributed by atoms with Gasteiger partial charge in [0.15, 0.2) is 5.82 Å². The van der Waals surface area contributed by atoms with Gasteiger partial charge in [0.2, 0.25) is 0 Å². The molecule has 0 fully saturated rings. The summed E-state index contributed by atoms with van der Waals surface area (Å²) < 4.78 is 5.51. The number of rotatable bonds is 3. The Labute approximate surface area is 176 Å². The fourth-order valence-corrected chi connectivity index (χ4v) is 4.66. The van der Waals surface area contributed by atoms with Gasteiger partial charge in [-0.1, -0.05) is 29.3 Å². The van der Waals surface area contributed by atoms with Gasteiger partial charge in [-0.2, -0.15) is 0 Å². The Morgan fingerprint density at radius 2 is 2.21 bits per heavy atom. The molecule has 5 rings (SSSR count).